The Kier molecular flexibility index (Phi) is 7.44. The van der Waals surface area contributed by atoms with Gasteiger partial charge >= 0.3 is 11.9 Å². The van der Waals surface area contributed by atoms with Crippen molar-refractivity contribution in [3.8, 4) is 11.5 Å². The van der Waals surface area contributed by atoms with Gasteiger partial charge in [-0.3, -0.25) is 9.59 Å². The summed E-state index contributed by atoms with van der Waals surface area (Å²) in [6, 6.07) is 10.8. The summed E-state index contributed by atoms with van der Waals surface area (Å²) in [7, 11) is 2.84. The minimum atomic E-state index is -0.161. The molecule has 0 heterocycles. The Balaban J connectivity index is 0.000000181. The molecule has 0 unspecified atom stereocenters. The first-order valence-corrected chi connectivity index (χ1v) is 11.1. The van der Waals surface area contributed by atoms with Gasteiger partial charge in [0.1, 0.15) is 11.5 Å². The number of carbonyl (C=O) groups is 2. The molecule has 32 heavy (non-hydrogen) atoms. The Morgan fingerprint density at radius 2 is 1.16 bits per heavy atom. The Morgan fingerprint density at radius 3 is 1.50 bits per heavy atom. The van der Waals surface area contributed by atoms with E-state index >= 15 is 0 Å². The number of hydrogen-bond donors (Lipinski definition) is 2. The van der Waals surface area contributed by atoms with Gasteiger partial charge in [-0.15, -0.1) is 0 Å². The quantitative estimate of drug-likeness (QED) is 0.682. The zero-order valence-corrected chi connectivity index (χ0v) is 19.1. The Bertz CT molecular complexity index is 903. The fourth-order valence-corrected chi connectivity index (χ4v) is 5.01. The lowest BCUT2D eigenvalue weighted by Gasteiger charge is -2.17. The van der Waals surface area contributed by atoms with Crippen LogP contribution in [-0.4, -0.2) is 36.4 Å². The van der Waals surface area contributed by atoms with Crippen LogP contribution in [0.15, 0.2) is 36.4 Å². The number of phenolic OH excluding ortho intramolecular Hbond substituents is 2. The average Bonchev–Trinajstić information content (AvgIpc) is 3.40. The first-order chi connectivity index (χ1) is 15.3. The number of carbonyl (C=O) groups excluding carboxylic acids is 2. The SMILES string of the molecule is COC(=O)[C@@H](C)[C@@H]1CCc2cc(O)ccc21.COC(=O)[C@H](C)[C@H]1CCc2cc(O)ccc21. The lowest BCUT2D eigenvalue weighted by Crippen LogP contribution is -2.19. The highest BCUT2D eigenvalue weighted by Gasteiger charge is 2.32. The Labute approximate surface area is 189 Å². The highest BCUT2D eigenvalue weighted by Crippen LogP contribution is 2.41. The third-order valence-electron chi connectivity index (χ3n) is 6.85. The summed E-state index contributed by atoms with van der Waals surface area (Å²) in [4.78, 5) is 23.0. The monoisotopic (exact) mass is 440 g/mol. The van der Waals surface area contributed by atoms with Crippen molar-refractivity contribution in [2.45, 2.75) is 51.4 Å². The molecule has 0 aromatic heterocycles. The molecule has 0 fully saturated rings. The highest BCUT2D eigenvalue weighted by molar-refractivity contribution is 5.74. The lowest BCUT2D eigenvalue weighted by molar-refractivity contribution is -0.146. The molecular weight excluding hydrogens is 408 g/mol. The van der Waals surface area contributed by atoms with Gasteiger partial charge in [-0.05, 0) is 84.0 Å². The zero-order valence-electron chi connectivity index (χ0n) is 19.1. The van der Waals surface area contributed by atoms with E-state index in [1.807, 2.05) is 26.0 Å². The smallest absolute Gasteiger partial charge is 0.308 e. The van der Waals surface area contributed by atoms with Gasteiger partial charge in [0.2, 0.25) is 0 Å². The number of esters is 2. The van der Waals surface area contributed by atoms with Gasteiger partial charge < -0.3 is 19.7 Å². The topological polar surface area (TPSA) is 93.1 Å². The van der Waals surface area contributed by atoms with E-state index in [0.717, 1.165) is 36.8 Å². The van der Waals surface area contributed by atoms with E-state index < -0.39 is 0 Å². The summed E-state index contributed by atoms with van der Waals surface area (Å²) < 4.78 is 9.55. The maximum atomic E-state index is 11.5. The molecule has 0 saturated heterocycles. The molecular formula is C26H32O6. The number of hydrogen-bond acceptors (Lipinski definition) is 6. The second-order valence-electron chi connectivity index (χ2n) is 8.68. The fourth-order valence-electron chi connectivity index (χ4n) is 5.01. The van der Waals surface area contributed by atoms with Crippen LogP contribution in [0.4, 0.5) is 0 Å². The molecule has 2 aliphatic rings. The number of benzene rings is 2. The van der Waals surface area contributed by atoms with Crippen molar-refractivity contribution >= 4 is 11.9 Å². The van der Waals surface area contributed by atoms with E-state index in [2.05, 4.69) is 0 Å². The van der Waals surface area contributed by atoms with Gasteiger partial charge in [-0.1, -0.05) is 26.0 Å². The van der Waals surface area contributed by atoms with Crippen molar-refractivity contribution < 1.29 is 29.3 Å². The largest absolute Gasteiger partial charge is 0.508 e. The lowest BCUT2D eigenvalue weighted by atomic mass is 9.89. The second-order valence-corrected chi connectivity index (χ2v) is 8.68. The van der Waals surface area contributed by atoms with Crippen LogP contribution in [0, 0.1) is 11.8 Å². The van der Waals surface area contributed by atoms with E-state index in [0.29, 0.717) is 11.5 Å². The van der Waals surface area contributed by atoms with Crippen molar-refractivity contribution in [3.63, 3.8) is 0 Å². The number of fused-ring (bicyclic) bond motifs is 2. The van der Waals surface area contributed by atoms with Crippen LogP contribution in [0.1, 0.15) is 60.8 Å². The van der Waals surface area contributed by atoms with Gasteiger partial charge in [0.05, 0.1) is 26.1 Å². The van der Waals surface area contributed by atoms with E-state index in [-0.39, 0.29) is 35.6 Å². The van der Waals surface area contributed by atoms with Gasteiger partial charge in [0, 0.05) is 0 Å². The first-order valence-electron chi connectivity index (χ1n) is 11.1. The standard InChI is InChI=1S/2C13H16O3/c2*1-8(13(15)16-2)11-5-3-9-7-10(14)4-6-12(9)11/h2*4,6-8,11,14H,3,5H2,1-2H3/t2*8-,11-/m10/s1. The number of rotatable bonds is 4. The van der Waals surface area contributed by atoms with Crippen molar-refractivity contribution in [1.82, 2.24) is 0 Å². The number of phenols is 2. The molecule has 0 amide bonds. The third kappa shape index (κ3) is 4.90. The van der Waals surface area contributed by atoms with Crippen molar-refractivity contribution in [3.05, 3.63) is 58.7 Å². The maximum absolute atomic E-state index is 11.5. The molecule has 2 N–H and O–H groups in total. The molecule has 0 bridgehead atoms. The molecule has 0 radical (unpaired) electrons. The minimum absolute atomic E-state index is 0.115. The second kappa shape index (κ2) is 10.1. The molecule has 172 valence electrons. The van der Waals surface area contributed by atoms with E-state index in [1.54, 1.807) is 24.3 Å². The highest BCUT2D eigenvalue weighted by atomic mass is 16.5. The zero-order chi connectivity index (χ0) is 23.4. The molecule has 4 rings (SSSR count). The predicted octanol–water partition coefficient (Wildman–Crippen LogP) is 4.46. The van der Waals surface area contributed by atoms with E-state index in [1.165, 1.54) is 25.3 Å². The maximum Gasteiger partial charge on any atom is 0.308 e. The van der Waals surface area contributed by atoms with E-state index in [9.17, 15) is 19.8 Å². The summed E-state index contributed by atoms with van der Waals surface area (Å²) in [5.41, 5.74) is 4.66. The predicted molar refractivity (Wildman–Crippen MR) is 121 cm³/mol. The van der Waals surface area contributed by atoms with Crippen LogP contribution in [0.3, 0.4) is 0 Å². The fraction of sp³-hybridized carbons (Fsp3) is 0.462. The first kappa shape index (κ1) is 23.6. The van der Waals surface area contributed by atoms with Crippen LogP contribution >= 0.6 is 0 Å². The summed E-state index contributed by atoms with van der Waals surface area (Å²) in [6.07, 6.45) is 3.76. The molecule has 0 aliphatic heterocycles. The van der Waals surface area contributed by atoms with Crippen LogP contribution in [-0.2, 0) is 31.9 Å². The number of aromatic hydroxyl groups is 2. The number of ether oxygens (including phenoxy) is 2. The molecule has 0 spiro atoms. The van der Waals surface area contributed by atoms with Gasteiger partial charge in [0.25, 0.3) is 0 Å². The average molecular weight is 441 g/mol. The molecule has 6 nitrogen and oxygen atoms in total. The van der Waals surface area contributed by atoms with Crippen molar-refractivity contribution in [2.24, 2.45) is 11.8 Å². The normalized spacial score (nSPS) is 20.2. The van der Waals surface area contributed by atoms with Gasteiger partial charge in [-0.2, -0.15) is 0 Å². The van der Waals surface area contributed by atoms with Crippen molar-refractivity contribution in [2.75, 3.05) is 14.2 Å². The van der Waals surface area contributed by atoms with Crippen LogP contribution < -0.4 is 0 Å². The van der Waals surface area contributed by atoms with E-state index in [4.69, 9.17) is 9.47 Å². The molecule has 2 aromatic rings. The third-order valence-corrected chi connectivity index (χ3v) is 6.85. The summed E-state index contributed by atoms with van der Waals surface area (Å²) >= 11 is 0. The summed E-state index contributed by atoms with van der Waals surface area (Å²) in [5.74, 6) is 0.491. The van der Waals surface area contributed by atoms with Crippen LogP contribution in [0.2, 0.25) is 0 Å². The van der Waals surface area contributed by atoms with Crippen LogP contribution in [0.5, 0.6) is 11.5 Å². The molecule has 0 saturated carbocycles. The van der Waals surface area contributed by atoms with Gasteiger partial charge in [-0.25, -0.2) is 0 Å². The number of methoxy groups -OCH3 is 2. The summed E-state index contributed by atoms with van der Waals surface area (Å²) in [5, 5.41) is 18.8. The molecule has 2 aromatic carbocycles. The minimum Gasteiger partial charge on any atom is -0.508 e. The molecule has 2 aliphatic carbocycles. The molecule has 6 heteroatoms. The van der Waals surface area contributed by atoms with Gasteiger partial charge in [0.15, 0.2) is 0 Å². The Hall–Kier alpha value is -3.02. The number of aryl methyl sites for hydroxylation is 2. The van der Waals surface area contributed by atoms with Crippen LogP contribution in [0.25, 0.3) is 0 Å². The summed E-state index contributed by atoms with van der Waals surface area (Å²) in [6.45, 7) is 3.80. The Morgan fingerprint density at radius 1 is 0.781 bits per heavy atom. The van der Waals surface area contributed by atoms with Crippen molar-refractivity contribution in [1.29, 1.82) is 0 Å². The molecule has 4 atom stereocenters.